The highest BCUT2D eigenvalue weighted by molar-refractivity contribution is 9.10. The molecule has 1 N–H and O–H groups in total. The van der Waals surface area contributed by atoms with Crippen molar-refractivity contribution in [3.05, 3.63) is 28.5 Å². The number of amides is 1. The second-order valence-electron chi connectivity index (χ2n) is 3.81. The molecule has 15 heavy (non-hydrogen) atoms. The Morgan fingerprint density at radius 2 is 2.20 bits per heavy atom. The lowest BCUT2D eigenvalue weighted by Gasteiger charge is -2.11. The summed E-state index contributed by atoms with van der Waals surface area (Å²) in [5.74, 6) is -0.0665. The summed E-state index contributed by atoms with van der Waals surface area (Å²) >= 11 is 3.32. The molecule has 0 unspecified atom stereocenters. The smallest absolute Gasteiger partial charge is 0.270 e. The van der Waals surface area contributed by atoms with Crippen LogP contribution in [0.2, 0.25) is 0 Å². The Morgan fingerprint density at radius 1 is 1.47 bits per heavy atom. The summed E-state index contributed by atoms with van der Waals surface area (Å²) < 4.78 is 0.883. The van der Waals surface area contributed by atoms with Gasteiger partial charge in [0.15, 0.2) is 0 Å². The van der Waals surface area contributed by atoms with E-state index < -0.39 is 0 Å². The van der Waals surface area contributed by atoms with E-state index in [2.05, 4.69) is 26.2 Å². The van der Waals surface area contributed by atoms with Crippen molar-refractivity contribution in [2.24, 2.45) is 0 Å². The van der Waals surface area contributed by atoms with E-state index in [1.54, 1.807) is 12.3 Å². The van der Waals surface area contributed by atoms with Crippen molar-refractivity contribution in [3.8, 4) is 0 Å². The summed E-state index contributed by atoms with van der Waals surface area (Å²) in [5.41, 5.74) is 0.483. The molecule has 0 bridgehead atoms. The van der Waals surface area contributed by atoms with Crippen LogP contribution in [0.15, 0.2) is 22.8 Å². The van der Waals surface area contributed by atoms with Gasteiger partial charge in [0.1, 0.15) is 5.69 Å². The van der Waals surface area contributed by atoms with Crippen LogP contribution < -0.4 is 5.32 Å². The van der Waals surface area contributed by atoms with Crippen LogP contribution in [0.4, 0.5) is 0 Å². The average molecular weight is 269 g/mol. The SMILES string of the molecule is O=C(NC1CCCC1)c1cc(Br)ccn1. The van der Waals surface area contributed by atoms with Gasteiger partial charge in [-0.1, -0.05) is 28.8 Å². The standard InChI is InChI=1S/C11H13BrN2O/c12-8-5-6-13-10(7-8)11(15)14-9-3-1-2-4-9/h5-7,9H,1-4H2,(H,14,15). The zero-order chi connectivity index (χ0) is 10.7. The van der Waals surface area contributed by atoms with E-state index >= 15 is 0 Å². The molecule has 1 heterocycles. The summed E-state index contributed by atoms with van der Waals surface area (Å²) in [7, 11) is 0. The number of pyridine rings is 1. The lowest BCUT2D eigenvalue weighted by molar-refractivity contribution is 0.0933. The van der Waals surface area contributed by atoms with Crippen LogP contribution in [0, 0.1) is 0 Å². The summed E-state index contributed by atoms with van der Waals surface area (Å²) in [5, 5.41) is 3.00. The van der Waals surface area contributed by atoms with Crippen molar-refractivity contribution in [2.45, 2.75) is 31.7 Å². The molecule has 1 saturated carbocycles. The fourth-order valence-electron chi connectivity index (χ4n) is 1.86. The molecule has 80 valence electrons. The van der Waals surface area contributed by atoms with Crippen LogP contribution >= 0.6 is 15.9 Å². The third-order valence-corrected chi connectivity index (χ3v) is 3.14. The van der Waals surface area contributed by atoms with E-state index in [0.29, 0.717) is 11.7 Å². The van der Waals surface area contributed by atoms with Crippen molar-refractivity contribution in [2.75, 3.05) is 0 Å². The molecule has 1 amide bonds. The first-order valence-electron chi connectivity index (χ1n) is 5.18. The zero-order valence-corrected chi connectivity index (χ0v) is 9.96. The van der Waals surface area contributed by atoms with Crippen LogP contribution in [-0.4, -0.2) is 16.9 Å². The van der Waals surface area contributed by atoms with Gasteiger partial charge in [0.05, 0.1) is 0 Å². The van der Waals surface area contributed by atoms with E-state index in [-0.39, 0.29) is 5.91 Å². The molecule has 0 atom stereocenters. The van der Waals surface area contributed by atoms with Crippen molar-refractivity contribution in [3.63, 3.8) is 0 Å². The molecule has 3 nitrogen and oxygen atoms in total. The van der Waals surface area contributed by atoms with Crippen molar-refractivity contribution >= 4 is 21.8 Å². The monoisotopic (exact) mass is 268 g/mol. The Hall–Kier alpha value is -0.900. The minimum absolute atomic E-state index is 0.0665. The second-order valence-corrected chi connectivity index (χ2v) is 4.73. The van der Waals surface area contributed by atoms with E-state index in [1.165, 1.54) is 12.8 Å². The molecule has 1 aromatic heterocycles. The van der Waals surface area contributed by atoms with Gasteiger partial charge < -0.3 is 5.32 Å². The molecule has 0 spiro atoms. The van der Waals surface area contributed by atoms with Gasteiger partial charge in [0.2, 0.25) is 0 Å². The number of aromatic nitrogens is 1. The number of hydrogen-bond acceptors (Lipinski definition) is 2. The van der Waals surface area contributed by atoms with Crippen molar-refractivity contribution in [1.82, 2.24) is 10.3 Å². The van der Waals surface area contributed by atoms with Crippen molar-refractivity contribution < 1.29 is 4.79 Å². The quantitative estimate of drug-likeness (QED) is 0.896. The Kier molecular flexibility index (Phi) is 3.36. The highest BCUT2D eigenvalue weighted by atomic mass is 79.9. The summed E-state index contributed by atoms with van der Waals surface area (Å²) in [6.07, 6.45) is 6.26. The predicted octanol–water partition coefficient (Wildman–Crippen LogP) is 2.52. The van der Waals surface area contributed by atoms with Crippen LogP contribution in [0.5, 0.6) is 0 Å². The average Bonchev–Trinajstić information content (AvgIpc) is 2.70. The van der Waals surface area contributed by atoms with E-state index in [9.17, 15) is 4.79 Å². The molecule has 0 aliphatic heterocycles. The minimum Gasteiger partial charge on any atom is -0.348 e. The molecular weight excluding hydrogens is 256 g/mol. The largest absolute Gasteiger partial charge is 0.348 e. The third-order valence-electron chi connectivity index (χ3n) is 2.65. The Balaban J connectivity index is 2.01. The number of carbonyl (C=O) groups is 1. The summed E-state index contributed by atoms with van der Waals surface area (Å²) in [4.78, 5) is 15.8. The lowest BCUT2D eigenvalue weighted by Crippen LogP contribution is -2.33. The van der Waals surface area contributed by atoms with E-state index in [4.69, 9.17) is 0 Å². The normalized spacial score (nSPS) is 16.6. The first kappa shape index (κ1) is 10.6. The number of rotatable bonds is 2. The van der Waals surface area contributed by atoms with Crippen LogP contribution in [0.25, 0.3) is 0 Å². The van der Waals surface area contributed by atoms with Gasteiger partial charge in [-0.2, -0.15) is 0 Å². The number of halogens is 1. The molecule has 0 aromatic carbocycles. The molecule has 0 radical (unpaired) electrons. The number of nitrogens with one attached hydrogen (secondary N) is 1. The van der Waals surface area contributed by atoms with Gasteiger partial charge >= 0.3 is 0 Å². The first-order valence-corrected chi connectivity index (χ1v) is 5.97. The van der Waals surface area contributed by atoms with Crippen LogP contribution in [0.1, 0.15) is 36.2 Å². The van der Waals surface area contributed by atoms with Gasteiger partial charge in [-0.25, -0.2) is 0 Å². The molecule has 0 saturated heterocycles. The first-order chi connectivity index (χ1) is 7.25. The van der Waals surface area contributed by atoms with Crippen LogP contribution in [-0.2, 0) is 0 Å². The molecule has 2 rings (SSSR count). The van der Waals surface area contributed by atoms with Gasteiger partial charge in [0, 0.05) is 16.7 Å². The molecule has 1 fully saturated rings. The Morgan fingerprint density at radius 3 is 2.87 bits per heavy atom. The fraction of sp³-hybridized carbons (Fsp3) is 0.455. The van der Waals surface area contributed by atoms with E-state index in [0.717, 1.165) is 17.3 Å². The fourth-order valence-corrected chi connectivity index (χ4v) is 2.19. The van der Waals surface area contributed by atoms with Gasteiger partial charge in [-0.05, 0) is 25.0 Å². The molecule has 1 aromatic rings. The third kappa shape index (κ3) is 2.78. The van der Waals surface area contributed by atoms with Crippen LogP contribution in [0.3, 0.4) is 0 Å². The Labute approximate surface area is 97.4 Å². The maximum Gasteiger partial charge on any atom is 0.270 e. The summed E-state index contributed by atoms with van der Waals surface area (Å²) in [6, 6.07) is 3.90. The highest BCUT2D eigenvalue weighted by Crippen LogP contribution is 2.18. The molecule has 1 aliphatic rings. The number of carbonyl (C=O) groups excluding carboxylic acids is 1. The highest BCUT2D eigenvalue weighted by Gasteiger charge is 2.18. The Bertz CT molecular complexity index is 361. The maximum atomic E-state index is 11.8. The number of hydrogen-bond donors (Lipinski definition) is 1. The predicted molar refractivity (Wildman–Crippen MR) is 61.7 cm³/mol. The number of nitrogens with zero attached hydrogens (tertiary/aromatic N) is 1. The van der Waals surface area contributed by atoms with Gasteiger partial charge in [-0.3, -0.25) is 9.78 Å². The topological polar surface area (TPSA) is 42.0 Å². The molecular formula is C11H13BrN2O. The van der Waals surface area contributed by atoms with E-state index in [1.807, 2.05) is 6.07 Å². The zero-order valence-electron chi connectivity index (χ0n) is 8.37. The van der Waals surface area contributed by atoms with Crippen molar-refractivity contribution in [1.29, 1.82) is 0 Å². The lowest BCUT2D eigenvalue weighted by atomic mass is 10.2. The maximum absolute atomic E-state index is 11.8. The van der Waals surface area contributed by atoms with Gasteiger partial charge in [0.25, 0.3) is 5.91 Å². The molecule has 1 aliphatic carbocycles. The second kappa shape index (κ2) is 4.75. The summed E-state index contributed by atoms with van der Waals surface area (Å²) in [6.45, 7) is 0. The van der Waals surface area contributed by atoms with Gasteiger partial charge in [-0.15, -0.1) is 0 Å². The molecule has 4 heteroatoms. The minimum atomic E-state index is -0.0665.